The molecule has 2 aliphatic rings. The number of aromatic nitrogens is 1. The molecule has 1 aromatic heterocycles. The SMILES string of the molecule is COCCC1COC2(C1)CN(C(=O)c1ccc(C)nc1)C2. The fraction of sp³-hybridized carbons (Fsp3) is 0.625. The van der Waals surface area contributed by atoms with Gasteiger partial charge in [0, 0.05) is 25.6 Å². The minimum absolute atomic E-state index is 0.0528. The highest BCUT2D eigenvalue weighted by atomic mass is 16.5. The molecule has 1 amide bonds. The fourth-order valence-corrected chi connectivity index (χ4v) is 3.20. The first-order valence-electron chi connectivity index (χ1n) is 7.47. The quantitative estimate of drug-likeness (QED) is 0.846. The van der Waals surface area contributed by atoms with Crippen LogP contribution in [0.2, 0.25) is 0 Å². The van der Waals surface area contributed by atoms with E-state index in [2.05, 4.69) is 4.98 Å². The van der Waals surface area contributed by atoms with Crippen molar-refractivity contribution in [3.05, 3.63) is 29.6 Å². The number of nitrogens with zero attached hydrogens (tertiary/aromatic N) is 2. The Morgan fingerprint density at radius 1 is 1.52 bits per heavy atom. The molecule has 0 bridgehead atoms. The van der Waals surface area contributed by atoms with Gasteiger partial charge in [-0.25, -0.2) is 0 Å². The Kier molecular flexibility index (Phi) is 3.95. The molecule has 3 rings (SSSR count). The second-order valence-electron chi connectivity index (χ2n) is 6.20. The monoisotopic (exact) mass is 290 g/mol. The summed E-state index contributed by atoms with van der Waals surface area (Å²) in [6.07, 6.45) is 3.72. The number of amides is 1. The van der Waals surface area contributed by atoms with Gasteiger partial charge < -0.3 is 14.4 Å². The summed E-state index contributed by atoms with van der Waals surface area (Å²) in [5, 5.41) is 0. The van der Waals surface area contributed by atoms with Gasteiger partial charge in [-0.1, -0.05) is 0 Å². The van der Waals surface area contributed by atoms with Gasteiger partial charge in [-0.15, -0.1) is 0 Å². The standard InChI is InChI=1S/C16H22N2O3/c1-12-3-4-14(8-17-12)15(19)18-10-16(11-18)7-13(9-21-16)5-6-20-2/h3-4,8,13H,5-7,9-11H2,1-2H3. The molecule has 0 radical (unpaired) electrons. The Hall–Kier alpha value is -1.46. The highest BCUT2D eigenvalue weighted by Crippen LogP contribution is 2.39. The van der Waals surface area contributed by atoms with Crippen LogP contribution in [0.5, 0.6) is 0 Å². The summed E-state index contributed by atoms with van der Waals surface area (Å²) in [7, 11) is 1.73. The number of aryl methyl sites for hydroxylation is 1. The Labute approximate surface area is 125 Å². The molecular weight excluding hydrogens is 268 g/mol. The summed E-state index contributed by atoms with van der Waals surface area (Å²) in [6, 6.07) is 3.71. The van der Waals surface area contributed by atoms with Gasteiger partial charge in [0.25, 0.3) is 5.91 Å². The molecule has 2 fully saturated rings. The molecule has 21 heavy (non-hydrogen) atoms. The van der Waals surface area contributed by atoms with Crippen LogP contribution in [0.3, 0.4) is 0 Å². The second-order valence-corrected chi connectivity index (χ2v) is 6.20. The number of carbonyl (C=O) groups excluding carboxylic acids is 1. The third-order valence-corrected chi connectivity index (χ3v) is 4.42. The number of methoxy groups -OCH3 is 1. The van der Waals surface area contributed by atoms with Gasteiger partial charge >= 0.3 is 0 Å². The maximum absolute atomic E-state index is 12.3. The lowest BCUT2D eigenvalue weighted by atomic mass is 9.85. The van der Waals surface area contributed by atoms with Crippen LogP contribution in [0.15, 0.2) is 18.3 Å². The summed E-state index contributed by atoms with van der Waals surface area (Å²) in [6.45, 7) is 4.88. The molecule has 3 heterocycles. The average molecular weight is 290 g/mol. The van der Waals surface area contributed by atoms with E-state index in [0.717, 1.165) is 31.7 Å². The number of ether oxygens (including phenoxy) is 2. The maximum Gasteiger partial charge on any atom is 0.255 e. The molecule has 114 valence electrons. The van der Waals surface area contributed by atoms with E-state index in [9.17, 15) is 4.79 Å². The Morgan fingerprint density at radius 3 is 3.00 bits per heavy atom. The Morgan fingerprint density at radius 2 is 2.33 bits per heavy atom. The van der Waals surface area contributed by atoms with E-state index in [1.165, 1.54) is 0 Å². The molecule has 0 aromatic carbocycles. The first-order chi connectivity index (χ1) is 10.1. The van der Waals surface area contributed by atoms with Crippen molar-refractivity contribution in [3.8, 4) is 0 Å². The molecule has 1 unspecified atom stereocenters. The fourth-order valence-electron chi connectivity index (χ4n) is 3.20. The first kappa shape index (κ1) is 14.5. The molecule has 2 saturated heterocycles. The van der Waals surface area contributed by atoms with Crippen molar-refractivity contribution in [2.75, 3.05) is 33.4 Å². The van der Waals surface area contributed by atoms with Crippen LogP contribution in [0, 0.1) is 12.8 Å². The van der Waals surface area contributed by atoms with Gasteiger partial charge in [-0.3, -0.25) is 9.78 Å². The van der Waals surface area contributed by atoms with Crippen molar-refractivity contribution in [1.29, 1.82) is 0 Å². The summed E-state index contributed by atoms with van der Waals surface area (Å²) < 4.78 is 11.1. The van der Waals surface area contributed by atoms with Crippen LogP contribution in [0.1, 0.15) is 28.9 Å². The average Bonchev–Trinajstić information content (AvgIpc) is 2.88. The van der Waals surface area contributed by atoms with Crippen molar-refractivity contribution >= 4 is 5.91 Å². The molecule has 1 aromatic rings. The van der Waals surface area contributed by atoms with Crippen LogP contribution in [0.25, 0.3) is 0 Å². The van der Waals surface area contributed by atoms with Gasteiger partial charge in [0.05, 0.1) is 25.3 Å². The lowest BCUT2D eigenvalue weighted by molar-refractivity contribution is -0.0950. The molecule has 2 aliphatic heterocycles. The Balaban J connectivity index is 1.53. The number of pyridine rings is 1. The summed E-state index contributed by atoms with van der Waals surface area (Å²) in [4.78, 5) is 18.4. The predicted octanol–water partition coefficient (Wildman–Crippen LogP) is 1.66. The van der Waals surface area contributed by atoms with Crippen molar-refractivity contribution in [2.24, 2.45) is 5.92 Å². The molecule has 1 atom stereocenters. The van der Waals surface area contributed by atoms with Crippen molar-refractivity contribution in [3.63, 3.8) is 0 Å². The minimum atomic E-state index is -0.105. The van der Waals surface area contributed by atoms with E-state index in [0.29, 0.717) is 24.6 Å². The highest BCUT2D eigenvalue weighted by Gasteiger charge is 2.51. The number of hydrogen-bond donors (Lipinski definition) is 0. The van der Waals surface area contributed by atoms with Gasteiger partial charge in [0.1, 0.15) is 5.60 Å². The third-order valence-electron chi connectivity index (χ3n) is 4.42. The van der Waals surface area contributed by atoms with E-state index < -0.39 is 0 Å². The minimum Gasteiger partial charge on any atom is -0.385 e. The molecule has 1 spiro atoms. The highest BCUT2D eigenvalue weighted by molar-refractivity contribution is 5.94. The van der Waals surface area contributed by atoms with Crippen LogP contribution in [-0.4, -0.2) is 54.8 Å². The topological polar surface area (TPSA) is 51.7 Å². The van der Waals surface area contributed by atoms with Crippen molar-refractivity contribution in [2.45, 2.75) is 25.4 Å². The van der Waals surface area contributed by atoms with E-state index in [1.54, 1.807) is 13.3 Å². The van der Waals surface area contributed by atoms with Crippen LogP contribution in [0.4, 0.5) is 0 Å². The van der Waals surface area contributed by atoms with Gasteiger partial charge in [-0.05, 0) is 37.8 Å². The predicted molar refractivity (Wildman–Crippen MR) is 78.2 cm³/mol. The van der Waals surface area contributed by atoms with Gasteiger partial charge in [0.2, 0.25) is 0 Å². The molecule has 5 nitrogen and oxygen atoms in total. The second kappa shape index (κ2) is 5.73. The molecule has 0 saturated carbocycles. The molecule has 0 N–H and O–H groups in total. The normalized spacial score (nSPS) is 23.3. The first-order valence-corrected chi connectivity index (χ1v) is 7.47. The van der Waals surface area contributed by atoms with Gasteiger partial charge in [0.15, 0.2) is 0 Å². The smallest absolute Gasteiger partial charge is 0.255 e. The largest absolute Gasteiger partial charge is 0.385 e. The maximum atomic E-state index is 12.3. The Bertz CT molecular complexity index is 509. The van der Waals surface area contributed by atoms with Crippen molar-refractivity contribution in [1.82, 2.24) is 9.88 Å². The molecule has 0 aliphatic carbocycles. The summed E-state index contributed by atoms with van der Waals surface area (Å²) >= 11 is 0. The molecule has 5 heteroatoms. The lowest BCUT2D eigenvalue weighted by Gasteiger charge is -2.47. The number of hydrogen-bond acceptors (Lipinski definition) is 4. The van der Waals surface area contributed by atoms with Crippen LogP contribution >= 0.6 is 0 Å². The van der Waals surface area contributed by atoms with Gasteiger partial charge in [-0.2, -0.15) is 0 Å². The van der Waals surface area contributed by atoms with Crippen LogP contribution < -0.4 is 0 Å². The third kappa shape index (κ3) is 2.94. The van der Waals surface area contributed by atoms with E-state index in [4.69, 9.17) is 9.47 Å². The van der Waals surface area contributed by atoms with E-state index in [-0.39, 0.29) is 11.5 Å². The van der Waals surface area contributed by atoms with E-state index >= 15 is 0 Å². The summed E-state index contributed by atoms with van der Waals surface area (Å²) in [5.74, 6) is 0.611. The zero-order chi connectivity index (χ0) is 14.9. The number of likely N-dealkylation sites (tertiary alicyclic amines) is 1. The zero-order valence-corrected chi connectivity index (χ0v) is 12.7. The van der Waals surface area contributed by atoms with E-state index in [1.807, 2.05) is 24.0 Å². The summed E-state index contributed by atoms with van der Waals surface area (Å²) in [5.41, 5.74) is 1.47. The van der Waals surface area contributed by atoms with Crippen LogP contribution in [-0.2, 0) is 9.47 Å². The zero-order valence-electron chi connectivity index (χ0n) is 12.7. The van der Waals surface area contributed by atoms with Crippen molar-refractivity contribution < 1.29 is 14.3 Å². The lowest BCUT2D eigenvalue weighted by Crippen LogP contribution is -2.63. The molecular formula is C16H22N2O3. The number of rotatable bonds is 4. The number of carbonyl (C=O) groups is 1.